The molecule has 0 saturated heterocycles. The molecule has 2 nitrogen and oxygen atoms in total. The summed E-state index contributed by atoms with van der Waals surface area (Å²) >= 11 is 7.55. The summed E-state index contributed by atoms with van der Waals surface area (Å²) in [6, 6.07) is 51.4. The number of thiophene rings is 2. The maximum atomic E-state index is 5.45. The predicted molar refractivity (Wildman–Crippen MR) is 216 cm³/mol. The molecular weight excluding hydrogens is 701 g/mol. The molecule has 0 unspecified atom stereocenters. The van der Waals surface area contributed by atoms with E-state index in [0.717, 1.165) is 90.6 Å². The number of aromatic nitrogens is 2. The van der Waals surface area contributed by atoms with Crippen LogP contribution >= 0.6 is 38.6 Å². The molecule has 2 aliphatic heterocycles. The molecule has 5 heterocycles. The highest BCUT2D eigenvalue weighted by molar-refractivity contribution is 9.15. The fourth-order valence-electron chi connectivity index (χ4n) is 6.62. The molecule has 8 bridgehead atoms. The number of hydrogen-bond acceptors (Lipinski definition) is 4. The average Bonchev–Trinajstić information content (AvgIpc) is 3.98. The Hall–Kier alpha value is -5.20. The van der Waals surface area contributed by atoms with Crippen LogP contribution in [-0.4, -0.2) is 9.97 Å². The zero-order valence-corrected chi connectivity index (χ0v) is 29.4. The lowest BCUT2D eigenvalue weighted by Crippen LogP contribution is -1.87. The Kier molecular flexibility index (Phi) is 7.74. The highest BCUT2D eigenvalue weighted by atomic mass is 79.9. The van der Waals surface area contributed by atoms with Crippen molar-refractivity contribution in [3.63, 3.8) is 0 Å². The van der Waals surface area contributed by atoms with Crippen LogP contribution in [0.15, 0.2) is 146 Å². The molecule has 3 aromatic heterocycles. The minimum Gasteiger partial charge on any atom is -0.248 e. The summed E-state index contributed by atoms with van der Waals surface area (Å²) < 4.78 is 5.59. The molecule has 0 aliphatic carbocycles. The van der Waals surface area contributed by atoms with Gasteiger partial charge in [-0.1, -0.05) is 121 Å². The van der Waals surface area contributed by atoms with Crippen molar-refractivity contribution in [3.8, 4) is 44.5 Å². The Bertz CT molecular complexity index is 2590. The zero-order valence-electron chi connectivity index (χ0n) is 26.2. The summed E-state index contributed by atoms with van der Waals surface area (Å²) in [6.07, 6.45) is 6.54. The quantitative estimate of drug-likeness (QED) is 0.180. The summed E-state index contributed by atoms with van der Waals surface area (Å²) in [7, 11) is 0. The molecule has 0 fully saturated rings. The molecule has 0 N–H and O–H groups in total. The van der Waals surface area contributed by atoms with E-state index in [2.05, 4.69) is 180 Å². The molecule has 4 aromatic carbocycles. The van der Waals surface area contributed by atoms with Crippen LogP contribution in [0, 0.1) is 0 Å². The summed E-state index contributed by atoms with van der Waals surface area (Å²) in [5.41, 5.74) is 12.8. The lowest BCUT2D eigenvalue weighted by atomic mass is 10.0. The van der Waals surface area contributed by atoms with Crippen LogP contribution in [0.4, 0.5) is 0 Å². The molecule has 49 heavy (non-hydrogen) atoms. The minimum atomic E-state index is 0.929. The highest BCUT2D eigenvalue weighted by Crippen LogP contribution is 2.45. The smallest absolute Gasteiger partial charge is 0.0872 e. The van der Waals surface area contributed by atoms with E-state index >= 15 is 0 Å². The van der Waals surface area contributed by atoms with Gasteiger partial charge in [-0.3, -0.25) is 0 Å². The van der Waals surface area contributed by atoms with Gasteiger partial charge in [0.05, 0.1) is 22.8 Å². The van der Waals surface area contributed by atoms with Crippen molar-refractivity contribution in [2.45, 2.75) is 0 Å². The number of nitrogens with zero attached hydrogens (tertiary/aromatic N) is 2. The van der Waals surface area contributed by atoms with Gasteiger partial charge in [-0.05, 0) is 80.7 Å². The third-order valence-electron chi connectivity index (χ3n) is 8.81. The summed E-state index contributed by atoms with van der Waals surface area (Å²) in [4.78, 5) is 10.9. The van der Waals surface area contributed by atoms with E-state index in [1.54, 1.807) is 22.7 Å². The Morgan fingerprint density at radius 2 is 0.714 bits per heavy atom. The SMILES string of the molecule is BrC1=Cc2nc1c(-c1ccccc1)c1ccc(s1)c(-c1ccccc1)c1nc(c(-c3ccccc3)c3ccc(s3)c2-c2ccccc2)C=C1. The number of halogens is 1. The molecule has 0 radical (unpaired) electrons. The van der Waals surface area contributed by atoms with Crippen molar-refractivity contribution in [1.82, 2.24) is 9.97 Å². The van der Waals surface area contributed by atoms with Gasteiger partial charge >= 0.3 is 0 Å². The third-order valence-corrected chi connectivity index (χ3v) is 11.7. The van der Waals surface area contributed by atoms with Crippen molar-refractivity contribution < 1.29 is 0 Å². The van der Waals surface area contributed by atoms with E-state index in [1.807, 2.05) is 0 Å². The van der Waals surface area contributed by atoms with Gasteiger partial charge in [-0.2, -0.15) is 0 Å². The van der Waals surface area contributed by atoms with E-state index in [4.69, 9.17) is 9.97 Å². The second-order valence-corrected chi connectivity index (χ2v) is 14.9. The molecule has 0 saturated carbocycles. The number of hydrogen-bond donors (Lipinski definition) is 0. The van der Waals surface area contributed by atoms with Gasteiger partial charge in [0.15, 0.2) is 0 Å². The molecule has 5 heteroatoms. The summed E-state index contributed by atoms with van der Waals surface area (Å²) in [6.45, 7) is 0. The van der Waals surface area contributed by atoms with Crippen LogP contribution in [0.1, 0.15) is 22.8 Å². The van der Waals surface area contributed by atoms with Crippen molar-refractivity contribution in [3.05, 3.63) is 168 Å². The fourth-order valence-corrected chi connectivity index (χ4v) is 9.43. The van der Waals surface area contributed by atoms with Crippen LogP contribution in [0.3, 0.4) is 0 Å². The number of fused-ring (bicyclic) bond motifs is 8. The fraction of sp³-hybridized carbons (Fsp3) is 0. The van der Waals surface area contributed by atoms with Gasteiger partial charge in [-0.15, -0.1) is 22.7 Å². The first kappa shape index (κ1) is 29.9. The maximum absolute atomic E-state index is 5.45. The molecule has 9 rings (SSSR count). The highest BCUT2D eigenvalue weighted by Gasteiger charge is 2.21. The molecule has 7 aromatic rings. The molecular formula is C44H27BrN2S2. The van der Waals surface area contributed by atoms with Crippen molar-refractivity contribution in [2.24, 2.45) is 0 Å². The Balaban J connectivity index is 1.50. The van der Waals surface area contributed by atoms with Gasteiger partial charge in [0.1, 0.15) is 0 Å². The Labute approximate surface area is 301 Å². The molecule has 0 atom stereocenters. The van der Waals surface area contributed by atoms with Crippen LogP contribution in [0.25, 0.3) is 86.0 Å². The average molecular weight is 728 g/mol. The second-order valence-electron chi connectivity index (χ2n) is 11.8. The maximum Gasteiger partial charge on any atom is 0.0872 e. The summed E-state index contributed by atoms with van der Waals surface area (Å²) in [5.74, 6) is 0. The van der Waals surface area contributed by atoms with Crippen molar-refractivity contribution in [2.75, 3.05) is 0 Å². The number of rotatable bonds is 4. The van der Waals surface area contributed by atoms with E-state index in [0.29, 0.717) is 0 Å². The van der Waals surface area contributed by atoms with Gasteiger partial charge in [0.2, 0.25) is 0 Å². The Morgan fingerprint density at radius 1 is 0.367 bits per heavy atom. The van der Waals surface area contributed by atoms with Crippen molar-refractivity contribution in [1.29, 1.82) is 0 Å². The van der Waals surface area contributed by atoms with Crippen LogP contribution in [-0.2, 0) is 0 Å². The van der Waals surface area contributed by atoms with E-state index in [9.17, 15) is 0 Å². The molecule has 0 spiro atoms. The van der Waals surface area contributed by atoms with Gasteiger partial charge in [0, 0.05) is 45.5 Å². The molecule has 0 amide bonds. The lowest BCUT2D eigenvalue weighted by molar-refractivity contribution is 1.33. The number of benzene rings is 4. The van der Waals surface area contributed by atoms with Crippen LogP contribution in [0.2, 0.25) is 0 Å². The van der Waals surface area contributed by atoms with E-state index in [1.165, 1.54) is 0 Å². The lowest BCUT2D eigenvalue weighted by Gasteiger charge is -2.06. The first-order chi connectivity index (χ1) is 24.2. The van der Waals surface area contributed by atoms with Gasteiger partial charge in [-0.25, -0.2) is 9.97 Å². The largest absolute Gasteiger partial charge is 0.248 e. The predicted octanol–water partition coefficient (Wildman–Crippen LogP) is 13.5. The normalized spacial score (nSPS) is 12.2. The molecule has 2 aliphatic rings. The van der Waals surface area contributed by atoms with E-state index < -0.39 is 0 Å². The van der Waals surface area contributed by atoms with Crippen LogP contribution in [0.5, 0.6) is 0 Å². The minimum absolute atomic E-state index is 0.929. The van der Waals surface area contributed by atoms with E-state index in [-0.39, 0.29) is 0 Å². The summed E-state index contributed by atoms with van der Waals surface area (Å²) in [5, 5.41) is 0. The standard InChI is InChI=1S/C44H27BrN2S2/c45-32-27-35-42(30-17-9-3-10-18-30)38-24-23-36(48-38)40(28-13-5-1-6-14-28)33-21-22-34(46-33)41(29-15-7-2-8-16-29)37-25-26-39(49-37)43(44(32)47-35)31-19-11-4-12-20-31/h1-27H. The first-order valence-corrected chi connectivity index (χ1v) is 18.5. The van der Waals surface area contributed by atoms with Crippen molar-refractivity contribution >= 4 is 80.1 Å². The van der Waals surface area contributed by atoms with Gasteiger partial charge < -0.3 is 0 Å². The third kappa shape index (κ3) is 5.50. The molecule has 232 valence electrons. The van der Waals surface area contributed by atoms with Gasteiger partial charge in [0.25, 0.3) is 0 Å². The zero-order chi connectivity index (χ0) is 32.7. The Morgan fingerprint density at radius 3 is 1.12 bits per heavy atom. The first-order valence-electron chi connectivity index (χ1n) is 16.1. The second kappa shape index (κ2) is 12.7. The monoisotopic (exact) mass is 726 g/mol. The van der Waals surface area contributed by atoms with Crippen LogP contribution < -0.4 is 0 Å². The topological polar surface area (TPSA) is 25.8 Å².